The maximum Gasteiger partial charge on any atom is 0.434 e. The molecule has 1 aliphatic heterocycles. The third kappa shape index (κ3) is 4.45. The minimum atomic E-state index is -4.49. The molecule has 1 saturated heterocycles. The molecule has 34 heavy (non-hydrogen) atoms. The van der Waals surface area contributed by atoms with Crippen LogP contribution in [0, 0.1) is 0 Å². The molecule has 1 aliphatic rings. The predicted molar refractivity (Wildman–Crippen MR) is 120 cm³/mol. The highest BCUT2D eigenvalue weighted by Gasteiger charge is 2.34. The lowest BCUT2D eigenvalue weighted by Gasteiger charge is -2.23. The molecule has 178 valence electrons. The third-order valence-electron chi connectivity index (χ3n) is 5.70. The highest BCUT2D eigenvalue weighted by Crippen LogP contribution is 2.31. The van der Waals surface area contributed by atoms with E-state index in [4.69, 9.17) is 16.3 Å². The number of imidazole rings is 2. The molecule has 8 nitrogen and oxygen atoms in total. The Balaban J connectivity index is 1.34. The van der Waals surface area contributed by atoms with E-state index in [-0.39, 0.29) is 17.3 Å². The number of rotatable bonds is 5. The van der Waals surface area contributed by atoms with Crippen molar-refractivity contribution in [3.05, 3.63) is 53.3 Å². The molecule has 0 radical (unpaired) electrons. The van der Waals surface area contributed by atoms with Gasteiger partial charge in [0.05, 0.1) is 6.33 Å². The van der Waals surface area contributed by atoms with Crippen LogP contribution in [-0.2, 0) is 24.5 Å². The van der Waals surface area contributed by atoms with E-state index in [1.54, 1.807) is 18.5 Å². The van der Waals surface area contributed by atoms with E-state index in [9.17, 15) is 13.2 Å². The first kappa shape index (κ1) is 22.6. The molecule has 0 spiro atoms. The number of hydrogen-bond donors (Lipinski definition) is 1. The van der Waals surface area contributed by atoms with Crippen LogP contribution in [0.4, 0.5) is 19.0 Å². The first-order valence-corrected chi connectivity index (χ1v) is 11.1. The first-order valence-electron chi connectivity index (χ1n) is 10.7. The van der Waals surface area contributed by atoms with Gasteiger partial charge in [0.25, 0.3) is 0 Å². The van der Waals surface area contributed by atoms with Gasteiger partial charge < -0.3 is 14.6 Å². The highest BCUT2D eigenvalue weighted by atomic mass is 35.5. The summed E-state index contributed by atoms with van der Waals surface area (Å²) in [5.74, 6) is 0.735. The van der Waals surface area contributed by atoms with Gasteiger partial charge in [0.2, 0.25) is 5.28 Å². The van der Waals surface area contributed by atoms with Gasteiger partial charge in [0, 0.05) is 32.0 Å². The molecule has 1 atom stereocenters. The molecular formula is C22H21ClF3N7O. The Bertz CT molecular complexity index is 1310. The Morgan fingerprint density at radius 1 is 1.15 bits per heavy atom. The summed E-state index contributed by atoms with van der Waals surface area (Å²) in [5.41, 5.74) is 1.74. The fourth-order valence-corrected chi connectivity index (χ4v) is 4.16. The zero-order chi connectivity index (χ0) is 23.9. The molecule has 1 N–H and O–H groups in total. The number of hydrogen-bond acceptors (Lipinski definition) is 6. The molecule has 4 aromatic rings. The van der Waals surface area contributed by atoms with Gasteiger partial charge in [-0.3, -0.25) is 4.57 Å². The standard InChI is InChI=1S/C22H21ClF3N7O/c1-32-11-15(22(24,25)26)29-19(32)14-7-5-13(6-8-14)10-27-18-17-20(31-21(23)30-18)33(12-28-17)16-4-2-3-9-34-16/h5-8,11-12,16H,2-4,9-10H2,1H3,(H,27,30,31). The largest absolute Gasteiger partial charge is 0.434 e. The molecule has 1 aromatic carbocycles. The second-order valence-electron chi connectivity index (χ2n) is 8.10. The second-order valence-corrected chi connectivity index (χ2v) is 8.43. The number of benzene rings is 1. The minimum absolute atomic E-state index is 0.0955. The van der Waals surface area contributed by atoms with Gasteiger partial charge in [-0.05, 0) is 36.4 Å². The SMILES string of the molecule is Cn1cc(C(F)(F)F)nc1-c1ccc(CNc2nc(Cl)nc3c2ncn3C2CCCCO2)cc1. The maximum atomic E-state index is 13.0. The van der Waals surface area contributed by atoms with E-state index < -0.39 is 11.9 Å². The number of fused-ring (bicyclic) bond motifs is 1. The molecule has 0 amide bonds. The minimum Gasteiger partial charge on any atom is -0.364 e. The Labute approximate surface area is 197 Å². The van der Waals surface area contributed by atoms with Gasteiger partial charge in [0.15, 0.2) is 22.7 Å². The summed E-state index contributed by atoms with van der Waals surface area (Å²) in [6, 6.07) is 7.10. The summed E-state index contributed by atoms with van der Waals surface area (Å²) in [5, 5.41) is 3.33. The Hall–Kier alpha value is -3.18. The average molecular weight is 492 g/mol. The molecule has 0 saturated carbocycles. The lowest BCUT2D eigenvalue weighted by molar-refractivity contribution is -0.140. The number of halogens is 4. The fraction of sp³-hybridized carbons (Fsp3) is 0.364. The Morgan fingerprint density at radius 2 is 1.94 bits per heavy atom. The van der Waals surface area contributed by atoms with Crippen LogP contribution >= 0.6 is 11.6 Å². The predicted octanol–water partition coefficient (Wildman–Crippen LogP) is 5.21. The lowest BCUT2D eigenvalue weighted by atomic mass is 10.1. The topological polar surface area (TPSA) is 82.7 Å². The van der Waals surface area contributed by atoms with Crippen LogP contribution in [0.25, 0.3) is 22.6 Å². The summed E-state index contributed by atoms with van der Waals surface area (Å²) in [4.78, 5) is 16.8. The molecule has 1 unspecified atom stereocenters. The van der Waals surface area contributed by atoms with Crippen molar-refractivity contribution in [2.24, 2.45) is 7.05 Å². The second kappa shape index (κ2) is 8.88. The monoisotopic (exact) mass is 491 g/mol. The Morgan fingerprint density at radius 3 is 2.62 bits per heavy atom. The average Bonchev–Trinajstić information content (AvgIpc) is 3.42. The van der Waals surface area contributed by atoms with Gasteiger partial charge in [-0.15, -0.1) is 0 Å². The van der Waals surface area contributed by atoms with E-state index in [0.717, 1.165) is 31.0 Å². The molecule has 0 aliphatic carbocycles. The van der Waals surface area contributed by atoms with Crippen molar-refractivity contribution in [2.45, 2.75) is 38.2 Å². The molecule has 12 heteroatoms. The normalized spacial score (nSPS) is 16.8. The number of alkyl halides is 3. The molecule has 0 bridgehead atoms. The summed E-state index contributed by atoms with van der Waals surface area (Å²) in [6.07, 6.45) is 1.03. The van der Waals surface area contributed by atoms with Crippen molar-refractivity contribution in [1.29, 1.82) is 0 Å². The van der Waals surface area contributed by atoms with Gasteiger partial charge in [-0.1, -0.05) is 24.3 Å². The summed E-state index contributed by atoms with van der Waals surface area (Å²) in [7, 11) is 1.54. The van der Waals surface area contributed by atoms with E-state index >= 15 is 0 Å². The van der Waals surface area contributed by atoms with Gasteiger partial charge in [-0.2, -0.15) is 23.1 Å². The fourth-order valence-electron chi connectivity index (χ4n) is 4.00. The number of nitrogens with one attached hydrogen (secondary N) is 1. The van der Waals surface area contributed by atoms with E-state index in [0.29, 0.717) is 35.7 Å². The molecular weight excluding hydrogens is 471 g/mol. The van der Waals surface area contributed by atoms with Crippen LogP contribution in [0.3, 0.4) is 0 Å². The van der Waals surface area contributed by atoms with Crippen LogP contribution in [0.5, 0.6) is 0 Å². The van der Waals surface area contributed by atoms with Crippen LogP contribution < -0.4 is 5.32 Å². The van der Waals surface area contributed by atoms with Crippen LogP contribution in [0.1, 0.15) is 36.7 Å². The third-order valence-corrected chi connectivity index (χ3v) is 5.87. The number of ether oxygens (including phenoxy) is 1. The molecule has 3 aromatic heterocycles. The zero-order valence-corrected chi connectivity index (χ0v) is 18.9. The number of aryl methyl sites for hydroxylation is 1. The summed E-state index contributed by atoms with van der Waals surface area (Å²) >= 11 is 6.18. The number of anilines is 1. The maximum absolute atomic E-state index is 13.0. The Kier molecular flexibility index (Phi) is 5.90. The van der Waals surface area contributed by atoms with Crippen LogP contribution in [0.2, 0.25) is 5.28 Å². The molecule has 4 heterocycles. The molecule has 1 fully saturated rings. The number of nitrogens with zero attached hydrogens (tertiary/aromatic N) is 6. The lowest BCUT2D eigenvalue weighted by Crippen LogP contribution is -2.17. The first-order chi connectivity index (χ1) is 16.3. The molecule has 5 rings (SSSR count). The van der Waals surface area contributed by atoms with Crippen molar-refractivity contribution >= 4 is 28.6 Å². The summed E-state index contributed by atoms with van der Waals surface area (Å²) < 4.78 is 47.9. The van der Waals surface area contributed by atoms with Crippen LogP contribution in [0.15, 0.2) is 36.8 Å². The van der Waals surface area contributed by atoms with E-state index in [2.05, 4.69) is 25.3 Å². The van der Waals surface area contributed by atoms with Crippen molar-refractivity contribution < 1.29 is 17.9 Å². The summed E-state index contributed by atoms with van der Waals surface area (Å²) in [6.45, 7) is 1.10. The van der Waals surface area contributed by atoms with Crippen molar-refractivity contribution in [3.63, 3.8) is 0 Å². The van der Waals surface area contributed by atoms with Crippen LogP contribution in [-0.4, -0.2) is 35.7 Å². The van der Waals surface area contributed by atoms with Crippen molar-refractivity contribution in [2.75, 3.05) is 11.9 Å². The van der Waals surface area contributed by atoms with E-state index in [1.807, 2.05) is 16.7 Å². The quantitative estimate of drug-likeness (QED) is 0.386. The van der Waals surface area contributed by atoms with Crippen molar-refractivity contribution in [3.8, 4) is 11.4 Å². The van der Waals surface area contributed by atoms with Gasteiger partial charge in [0.1, 0.15) is 12.1 Å². The van der Waals surface area contributed by atoms with Crippen molar-refractivity contribution in [1.82, 2.24) is 29.1 Å². The highest BCUT2D eigenvalue weighted by molar-refractivity contribution is 6.28. The number of aromatic nitrogens is 6. The van der Waals surface area contributed by atoms with Gasteiger partial charge in [-0.25, -0.2) is 9.97 Å². The van der Waals surface area contributed by atoms with Gasteiger partial charge >= 0.3 is 6.18 Å². The van der Waals surface area contributed by atoms with E-state index in [1.165, 1.54) is 11.6 Å². The zero-order valence-electron chi connectivity index (χ0n) is 18.2. The smallest absolute Gasteiger partial charge is 0.364 e.